The number of nitro benzene ring substituents is 1. The molecule has 0 saturated heterocycles. The molecular formula is C17H15N3O4S. The number of carbonyl (C=O) groups excluding carboxylic acids is 1. The number of benzene rings is 2. The van der Waals surface area contributed by atoms with Gasteiger partial charge in [0.15, 0.2) is 10.9 Å². The number of hydrogen-bond donors (Lipinski definition) is 1. The number of nitrogens with zero attached hydrogens (tertiary/aromatic N) is 2. The van der Waals surface area contributed by atoms with Crippen LogP contribution in [0.15, 0.2) is 47.6 Å². The number of Topliss-reactive ketones (excluding diaryl/α,β-unsaturated/α-hetero) is 1. The van der Waals surface area contributed by atoms with Gasteiger partial charge in [-0.2, -0.15) is 0 Å². The molecule has 7 nitrogen and oxygen atoms in total. The van der Waals surface area contributed by atoms with E-state index in [1.807, 2.05) is 25.1 Å². The minimum absolute atomic E-state index is 0.0944. The molecule has 3 aromatic rings. The van der Waals surface area contributed by atoms with Crippen LogP contribution < -0.4 is 4.74 Å². The summed E-state index contributed by atoms with van der Waals surface area (Å²) in [6.45, 7) is 2.50. The number of rotatable bonds is 7. The number of non-ortho nitro benzene ring substituents is 1. The summed E-state index contributed by atoms with van der Waals surface area (Å²) in [4.78, 5) is 30.1. The first kappa shape index (κ1) is 17.0. The number of thioether (sulfide) groups is 1. The highest BCUT2D eigenvalue weighted by Gasteiger charge is 2.13. The second-order valence-corrected chi connectivity index (χ2v) is 6.14. The van der Waals surface area contributed by atoms with Gasteiger partial charge in [0.2, 0.25) is 0 Å². The molecule has 128 valence electrons. The Hall–Kier alpha value is -2.87. The van der Waals surface area contributed by atoms with Gasteiger partial charge in [0.25, 0.3) is 5.69 Å². The molecule has 0 atom stereocenters. The van der Waals surface area contributed by atoms with E-state index in [0.29, 0.717) is 17.3 Å². The minimum Gasteiger partial charge on any atom is -0.494 e. The van der Waals surface area contributed by atoms with Crippen molar-refractivity contribution in [3.63, 3.8) is 0 Å². The Morgan fingerprint density at radius 1 is 1.32 bits per heavy atom. The number of ketones is 1. The summed E-state index contributed by atoms with van der Waals surface area (Å²) in [6, 6.07) is 11.3. The maximum Gasteiger partial charge on any atom is 0.270 e. The van der Waals surface area contributed by atoms with Crippen LogP contribution in [0.3, 0.4) is 0 Å². The van der Waals surface area contributed by atoms with Gasteiger partial charge in [0, 0.05) is 23.8 Å². The number of aromatic nitrogens is 2. The van der Waals surface area contributed by atoms with Gasteiger partial charge in [0.05, 0.1) is 28.3 Å². The van der Waals surface area contributed by atoms with Gasteiger partial charge < -0.3 is 9.72 Å². The standard InChI is InChI=1S/C17H15N3O4S/c1-2-24-13-6-7-14-15(9-13)19-17(18-14)25-10-16(21)11-4-3-5-12(8-11)20(22)23/h3-9H,2,10H2,1H3,(H,18,19). The van der Waals surface area contributed by atoms with Crippen molar-refractivity contribution in [3.05, 3.63) is 58.1 Å². The summed E-state index contributed by atoms with van der Waals surface area (Å²) in [5.41, 5.74) is 1.84. The smallest absolute Gasteiger partial charge is 0.270 e. The number of ether oxygens (including phenoxy) is 1. The van der Waals surface area contributed by atoms with Crippen molar-refractivity contribution in [2.45, 2.75) is 12.1 Å². The van der Waals surface area contributed by atoms with Crippen molar-refractivity contribution >= 4 is 34.3 Å². The van der Waals surface area contributed by atoms with Gasteiger partial charge in [-0.05, 0) is 19.1 Å². The van der Waals surface area contributed by atoms with Crippen molar-refractivity contribution in [3.8, 4) is 5.75 Å². The Morgan fingerprint density at radius 2 is 2.16 bits per heavy atom. The van der Waals surface area contributed by atoms with Crippen LogP contribution in [0.5, 0.6) is 5.75 Å². The molecule has 0 aliphatic carbocycles. The predicted octanol–water partition coefficient (Wildman–Crippen LogP) is 3.84. The Labute approximate surface area is 147 Å². The zero-order valence-electron chi connectivity index (χ0n) is 13.4. The van der Waals surface area contributed by atoms with Crippen LogP contribution in [0.4, 0.5) is 5.69 Å². The van der Waals surface area contributed by atoms with Crippen molar-refractivity contribution in [2.24, 2.45) is 0 Å². The number of carbonyl (C=O) groups is 1. The van der Waals surface area contributed by atoms with Gasteiger partial charge in [0.1, 0.15) is 5.75 Å². The van der Waals surface area contributed by atoms with Gasteiger partial charge in [-0.15, -0.1) is 0 Å². The molecule has 0 bridgehead atoms. The first-order chi connectivity index (χ1) is 12.1. The van der Waals surface area contributed by atoms with Crippen molar-refractivity contribution in [2.75, 3.05) is 12.4 Å². The molecule has 0 radical (unpaired) electrons. The maximum absolute atomic E-state index is 12.2. The van der Waals surface area contributed by atoms with Crippen molar-refractivity contribution in [1.29, 1.82) is 0 Å². The SMILES string of the molecule is CCOc1ccc2nc(SCC(=O)c3cccc([N+](=O)[O-])c3)[nH]c2c1. The highest BCUT2D eigenvalue weighted by atomic mass is 32.2. The van der Waals surface area contributed by atoms with E-state index in [4.69, 9.17) is 4.74 Å². The second kappa shape index (κ2) is 7.35. The highest BCUT2D eigenvalue weighted by molar-refractivity contribution is 7.99. The Morgan fingerprint density at radius 3 is 2.92 bits per heavy atom. The molecule has 25 heavy (non-hydrogen) atoms. The van der Waals surface area contributed by atoms with Crippen molar-refractivity contribution in [1.82, 2.24) is 9.97 Å². The van der Waals surface area contributed by atoms with E-state index in [1.165, 1.54) is 30.0 Å². The van der Waals surface area contributed by atoms with Crippen molar-refractivity contribution < 1.29 is 14.5 Å². The lowest BCUT2D eigenvalue weighted by molar-refractivity contribution is -0.384. The zero-order chi connectivity index (χ0) is 17.8. The van der Waals surface area contributed by atoms with E-state index < -0.39 is 4.92 Å². The largest absolute Gasteiger partial charge is 0.494 e. The van der Waals surface area contributed by atoms with Gasteiger partial charge in [-0.1, -0.05) is 23.9 Å². The van der Waals surface area contributed by atoms with Gasteiger partial charge >= 0.3 is 0 Å². The van der Waals surface area contributed by atoms with E-state index in [1.54, 1.807) is 6.07 Å². The van der Waals surface area contributed by atoms with Crippen LogP contribution in [-0.2, 0) is 0 Å². The van der Waals surface area contributed by atoms with E-state index >= 15 is 0 Å². The molecule has 0 fully saturated rings. The number of imidazole rings is 1. The number of fused-ring (bicyclic) bond motifs is 1. The molecule has 2 aromatic carbocycles. The predicted molar refractivity (Wildman–Crippen MR) is 95.4 cm³/mol. The number of nitro groups is 1. The average molecular weight is 357 g/mol. The van der Waals surface area contributed by atoms with E-state index in [0.717, 1.165) is 16.8 Å². The van der Waals surface area contributed by atoms with E-state index in [2.05, 4.69) is 9.97 Å². The summed E-state index contributed by atoms with van der Waals surface area (Å²) < 4.78 is 5.45. The molecule has 0 aliphatic rings. The highest BCUT2D eigenvalue weighted by Crippen LogP contribution is 2.24. The summed E-state index contributed by atoms with van der Waals surface area (Å²) >= 11 is 1.26. The normalized spacial score (nSPS) is 10.8. The third-order valence-corrected chi connectivity index (χ3v) is 4.33. The quantitative estimate of drug-likeness (QED) is 0.298. The summed E-state index contributed by atoms with van der Waals surface area (Å²) in [7, 11) is 0. The van der Waals surface area contributed by atoms with Gasteiger partial charge in [-0.25, -0.2) is 4.98 Å². The zero-order valence-corrected chi connectivity index (χ0v) is 14.2. The molecule has 1 N–H and O–H groups in total. The molecule has 1 heterocycles. The Balaban J connectivity index is 1.70. The fourth-order valence-electron chi connectivity index (χ4n) is 2.30. The van der Waals surface area contributed by atoms with Crippen LogP contribution in [0.1, 0.15) is 17.3 Å². The lowest BCUT2D eigenvalue weighted by atomic mass is 10.1. The fourth-order valence-corrected chi connectivity index (χ4v) is 3.08. The van der Waals surface area contributed by atoms with Crippen LogP contribution in [0.2, 0.25) is 0 Å². The number of H-pyrrole nitrogens is 1. The monoisotopic (exact) mass is 357 g/mol. The molecule has 0 saturated carbocycles. The fraction of sp³-hybridized carbons (Fsp3) is 0.176. The topological polar surface area (TPSA) is 98.1 Å². The average Bonchev–Trinajstić information content (AvgIpc) is 3.02. The third-order valence-electron chi connectivity index (χ3n) is 3.46. The number of hydrogen-bond acceptors (Lipinski definition) is 6. The summed E-state index contributed by atoms with van der Waals surface area (Å²) in [5.74, 6) is 0.700. The summed E-state index contributed by atoms with van der Waals surface area (Å²) in [5, 5.41) is 11.4. The minimum atomic E-state index is -0.515. The lowest BCUT2D eigenvalue weighted by Gasteiger charge is -2.00. The Kier molecular flexibility index (Phi) is 4.99. The van der Waals surface area contributed by atoms with Gasteiger partial charge in [-0.3, -0.25) is 14.9 Å². The first-order valence-electron chi connectivity index (χ1n) is 7.60. The van der Waals surface area contributed by atoms with E-state index in [-0.39, 0.29) is 17.2 Å². The molecule has 1 aromatic heterocycles. The van der Waals surface area contributed by atoms with Crippen LogP contribution in [0.25, 0.3) is 11.0 Å². The summed E-state index contributed by atoms with van der Waals surface area (Å²) in [6.07, 6.45) is 0. The molecular weight excluding hydrogens is 342 g/mol. The molecule has 8 heteroatoms. The second-order valence-electron chi connectivity index (χ2n) is 5.17. The molecule has 3 rings (SSSR count). The number of nitrogens with one attached hydrogen (secondary N) is 1. The lowest BCUT2D eigenvalue weighted by Crippen LogP contribution is -2.03. The van der Waals surface area contributed by atoms with Crippen LogP contribution in [-0.4, -0.2) is 33.0 Å². The van der Waals surface area contributed by atoms with E-state index in [9.17, 15) is 14.9 Å². The number of aromatic amines is 1. The molecule has 0 aliphatic heterocycles. The first-order valence-corrected chi connectivity index (χ1v) is 8.58. The molecule has 0 amide bonds. The van der Waals surface area contributed by atoms with Crippen LogP contribution >= 0.6 is 11.8 Å². The van der Waals surface area contributed by atoms with Crippen LogP contribution in [0, 0.1) is 10.1 Å². The molecule has 0 spiro atoms. The maximum atomic E-state index is 12.2. The molecule has 0 unspecified atom stereocenters. The Bertz CT molecular complexity index is 939. The third kappa shape index (κ3) is 3.97.